The molecule has 1 rings (SSSR count). The first-order valence-electron chi connectivity index (χ1n) is 4.31. The minimum Gasteiger partial charge on any atom is -0.464 e. The second-order valence-corrected chi connectivity index (χ2v) is 2.93. The molecule has 3 nitrogen and oxygen atoms in total. The molecule has 0 bridgehead atoms. The van der Waals surface area contributed by atoms with E-state index in [2.05, 4.69) is 11.9 Å². The first-order chi connectivity index (χ1) is 5.75. The van der Waals surface area contributed by atoms with Crippen LogP contribution in [0.25, 0.3) is 0 Å². The Morgan fingerprint density at radius 3 is 3.00 bits per heavy atom. The highest BCUT2D eigenvalue weighted by Crippen LogP contribution is 2.21. The van der Waals surface area contributed by atoms with Gasteiger partial charge in [-0.1, -0.05) is 6.08 Å². The van der Waals surface area contributed by atoms with Crippen molar-refractivity contribution in [2.45, 2.75) is 25.3 Å². The summed E-state index contributed by atoms with van der Waals surface area (Å²) in [5, 5.41) is 3.11. The molecule has 12 heavy (non-hydrogen) atoms. The first-order valence-corrected chi connectivity index (χ1v) is 4.31. The number of esters is 1. The van der Waals surface area contributed by atoms with Gasteiger partial charge in [0.05, 0.1) is 6.61 Å². The second-order valence-electron chi connectivity index (χ2n) is 2.93. The maximum atomic E-state index is 11.4. The number of rotatable bonds is 3. The van der Waals surface area contributed by atoms with Crippen LogP contribution in [0, 0.1) is 0 Å². The zero-order chi connectivity index (χ0) is 9.03. The molecule has 1 saturated heterocycles. The summed E-state index contributed by atoms with van der Waals surface area (Å²) in [6.45, 7) is 6.76. The molecule has 0 spiro atoms. The molecule has 0 unspecified atom stereocenters. The average molecular weight is 169 g/mol. The van der Waals surface area contributed by atoms with Gasteiger partial charge in [0, 0.05) is 0 Å². The lowest BCUT2D eigenvalue weighted by atomic mass is 9.98. The van der Waals surface area contributed by atoms with Crippen LogP contribution in [0.15, 0.2) is 12.7 Å². The summed E-state index contributed by atoms with van der Waals surface area (Å²) in [5.41, 5.74) is -0.601. The molecule has 0 saturated carbocycles. The fourth-order valence-corrected chi connectivity index (χ4v) is 1.46. The summed E-state index contributed by atoms with van der Waals surface area (Å²) in [7, 11) is 0. The van der Waals surface area contributed by atoms with Gasteiger partial charge >= 0.3 is 5.97 Å². The normalized spacial score (nSPS) is 28.4. The second kappa shape index (κ2) is 3.72. The molecule has 0 aromatic rings. The fourth-order valence-electron chi connectivity index (χ4n) is 1.46. The SMILES string of the molecule is C=C[C@@]1(C(=O)OCC)CCCN1. The molecule has 1 fully saturated rings. The molecular weight excluding hydrogens is 154 g/mol. The smallest absolute Gasteiger partial charge is 0.330 e. The summed E-state index contributed by atoms with van der Waals surface area (Å²) in [5.74, 6) is -0.197. The highest BCUT2D eigenvalue weighted by Gasteiger charge is 2.39. The van der Waals surface area contributed by atoms with E-state index < -0.39 is 5.54 Å². The molecule has 1 N–H and O–H groups in total. The van der Waals surface area contributed by atoms with Gasteiger partial charge in [-0.3, -0.25) is 5.32 Å². The van der Waals surface area contributed by atoms with Gasteiger partial charge in [-0.15, -0.1) is 6.58 Å². The Kier molecular flexibility index (Phi) is 2.87. The Hall–Kier alpha value is -0.830. The van der Waals surface area contributed by atoms with Crippen LogP contribution in [0.2, 0.25) is 0 Å². The van der Waals surface area contributed by atoms with Crippen LogP contribution in [-0.2, 0) is 9.53 Å². The minimum atomic E-state index is -0.601. The van der Waals surface area contributed by atoms with Crippen molar-refractivity contribution in [3.63, 3.8) is 0 Å². The Morgan fingerprint density at radius 1 is 1.83 bits per heavy atom. The van der Waals surface area contributed by atoms with Crippen molar-refractivity contribution >= 4 is 5.97 Å². The van der Waals surface area contributed by atoms with Crippen molar-refractivity contribution in [1.29, 1.82) is 0 Å². The summed E-state index contributed by atoms with van der Waals surface area (Å²) in [6, 6.07) is 0. The molecule has 0 aromatic carbocycles. The third-order valence-electron chi connectivity index (χ3n) is 2.18. The molecule has 1 atom stereocenters. The minimum absolute atomic E-state index is 0.197. The quantitative estimate of drug-likeness (QED) is 0.503. The summed E-state index contributed by atoms with van der Waals surface area (Å²) < 4.78 is 4.95. The van der Waals surface area contributed by atoms with Crippen molar-refractivity contribution in [2.24, 2.45) is 0 Å². The number of nitrogens with one attached hydrogen (secondary N) is 1. The van der Waals surface area contributed by atoms with Crippen molar-refractivity contribution in [1.82, 2.24) is 5.32 Å². The van der Waals surface area contributed by atoms with Crippen LogP contribution in [0.1, 0.15) is 19.8 Å². The molecule has 1 aliphatic heterocycles. The Labute approximate surface area is 72.8 Å². The highest BCUT2D eigenvalue weighted by molar-refractivity contribution is 5.83. The van der Waals surface area contributed by atoms with Gasteiger partial charge in [-0.25, -0.2) is 4.79 Å². The highest BCUT2D eigenvalue weighted by atomic mass is 16.5. The third-order valence-corrected chi connectivity index (χ3v) is 2.18. The number of carbonyl (C=O) groups is 1. The topological polar surface area (TPSA) is 38.3 Å². The molecule has 1 heterocycles. The van der Waals surface area contributed by atoms with Crippen LogP contribution >= 0.6 is 0 Å². The fraction of sp³-hybridized carbons (Fsp3) is 0.667. The predicted octanol–water partition coefficient (Wildman–Crippen LogP) is 0.858. The van der Waals surface area contributed by atoms with E-state index in [1.165, 1.54) is 0 Å². The number of hydrogen-bond acceptors (Lipinski definition) is 3. The van der Waals surface area contributed by atoms with Gasteiger partial charge < -0.3 is 4.74 Å². The summed E-state index contributed by atoms with van der Waals surface area (Å²) >= 11 is 0. The third kappa shape index (κ3) is 1.50. The van der Waals surface area contributed by atoms with Crippen LogP contribution in [0.4, 0.5) is 0 Å². The zero-order valence-electron chi connectivity index (χ0n) is 7.43. The van der Waals surface area contributed by atoms with Crippen molar-refractivity contribution in [2.75, 3.05) is 13.2 Å². The van der Waals surface area contributed by atoms with Crippen LogP contribution in [0.5, 0.6) is 0 Å². The van der Waals surface area contributed by atoms with Gasteiger partial charge in [-0.05, 0) is 26.3 Å². The lowest BCUT2D eigenvalue weighted by Crippen LogP contribution is -2.46. The van der Waals surface area contributed by atoms with Crippen LogP contribution in [0.3, 0.4) is 0 Å². The molecule has 0 aliphatic carbocycles. The molecular formula is C9H15NO2. The van der Waals surface area contributed by atoms with E-state index in [1.807, 2.05) is 6.92 Å². The Balaban J connectivity index is 2.65. The number of carbonyl (C=O) groups excluding carboxylic acids is 1. The molecule has 0 amide bonds. The van der Waals surface area contributed by atoms with Crippen LogP contribution < -0.4 is 5.32 Å². The van der Waals surface area contributed by atoms with Gasteiger partial charge in [0.2, 0.25) is 0 Å². The van der Waals surface area contributed by atoms with E-state index in [9.17, 15) is 4.79 Å². The van der Waals surface area contributed by atoms with Crippen molar-refractivity contribution in [3.8, 4) is 0 Å². The summed E-state index contributed by atoms with van der Waals surface area (Å²) in [4.78, 5) is 11.4. The number of hydrogen-bond donors (Lipinski definition) is 1. The molecule has 1 aliphatic rings. The summed E-state index contributed by atoms with van der Waals surface area (Å²) in [6.07, 6.45) is 3.46. The average Bonchev–Trinajstić information content (AvgIpc) is 2.54. The van der Waals surface area contributed by atoms with Gasteiger partial charge in [0.1, 0.15) is 5.54 Å². The lowest BCUT2D eigenvalue weighted by molar-refractivity contribution is -0.148. The maximum absolute atomic E-state index is 11.4. The van der Waals surface area contributed by atoms with E-state index in [0.29, 0.717) is 6.61 Å². The van der Waals surface area contributed by atoms with Crippen molar-refractivity contribution < 1.29 is 9.53 Å². The molecule has 68 valence electrons. The van der Waals surface area contributed by atoms with Gasteiger partial charge in [0.25, 0.3) is 0 Å². The largest absolute Gasteiger partial charge is 0.464 e. The first kappa shape index (κ1) is 9.26. The maximum Gasteiger partial charge on any atom is 0.330 e. The Morgan fingerprint density at radius 2 is 2.58 bits per heavy atom. The standard InChI is InChI=1S/C9H15NO2/c1-3-9(6-5-7-10-9)8(11)12-4-2/h3,10H,1,4-7H2,2H3/t9-/m0/s1. The van der Waals surface area contributed by atoms with Gasteiger partial charge in [-0.2, -0.15) is 0 Å². The van der Waals surface area contributed by atoms with E-state index in [-0.39, 0.29) is 5.97 Å². The monoisotopic (exact) mass is 169 g/mol. The Bertz CT molecular complexity index is 183. The van der Waals surface area contributed by atoms with E-state index in [1.54, 1.807) is 6.08 Å². The van der Waals surface area contributed by atoms with Crippen molar-refractivity contribution in [3.05, 3.63) is 12.7 Å². The predicted molar refractivity (Wildman–Crippen MR) is 46.8 cm³/mol. The van der Waals surface area contributed by atoms with E-state index in [4.69, 9.17) is 4.74 Å². The molecule has 0 radical (unpaired) electrons. The zero-order valence-corrected chi connectivity index (χ0v) is 7.43. The lowest BCUT2D eigenvalue weighted by Gasteiger charge is -2.22. The molecule has 0 aromatic heterocycles. The van der Waals surface area contributed by atoms with E-state index >= 15 is 0 Å². The van der Waals surface area contributed by atoms with Gasteiger partial charge in [0.15, 0.2) is 0 Å². The van der Waals surface area contributed by atoms with E-state index in [0.717, 1.165) is 19.4 Å². The number of ether oxygens (including phenoxy) is 1. The molecule has 3 heteroatoms. The van der Waals surface area contributed by atoms with Crippen LogP contribution in [-0.4, -0.2) is 24.7 Å².